The highest BCUT2D eigenvalue weighted by molar-refractivity contribution is 6.31. The van der Waals surface area contributed by atoms with E-state index in [2.05, 4.69) is 20.3 Å². The number of halogens is 2. The van der Waals surface area contributed by atoms with Crippen LogP contribution in [0, 0.1) is 6.92 Å². The molecule has 3 rings (SSSR count). The van der Waals surface area contributed by atoms with Crippen molar-refractivity contribution in [3.63, 3.8) is 0 Å². The lowest BCUT2D eigenvalue weighted by Gasteiger charge is -2.09. The second-order valence-corrected chi connectivity index (χ2v) is 6.83. The summed E-state index contributed by atoms with van der Waals surface area (Å²) >= 11 is 12.0. The normalized spacial score (nSPS) is 11.0. The van der Waals surface area contributed by atoms with Crippen LogP contribution in [0.25, 0.3) is 10.9 Å². The Hall–Kier alpha value is -1.91. The fourth-order valence-corrected chi connectivity index (χ4v) is 3.21. The highest BCUT2D eigenvalue weighted by atomic mass is 35.5. The summed E-state index contributed by atoms with van der Waals surface area (Å²) in [7, 11) is 0. The number of rotatable bonds is 7. The van der Waals surface area contributed by atoms with E-state index < -0.39 is 0 Å². The van der Waals surface area contributed by atoms with Crippen molar-refractivity contribution in [1.29, 1.82) is 0 Å². The zero-order valence-corrected chi connectivity index (χ0v) is 15.6. The maximum Gasteiger partial charge on any atom is 0.133 e. The lowest BCUT2D eigenvalue weighted by molar-refractivity contribution is 0.677. The number of anilines is 1. The molecule has 0 aliphatic heterocycles. The predicted molar refractivity (Wildman–Crippen MR) is 105 cm³/mol. The number of pyridine rings is 1. The number of nitrogens with one attached hydrogen (secondary N) is 1. The van der Waals surface area contributed by atoms with E-state index in [9.17, 15) is 0 Å². The number of nitrogens with zero attached hydrogens (tertiary/aromatic N) is 3. The summed E-state index contributed by atoms with van der Waals surface area (Å²) in [6.45, 7) is 2.85. The lowest BCUT2D eigenvalue weighted by Crippen LogP contribution is -2.03. The molecule has 0 aliphatic rings. The quantitative estimate of drug-likeness (QED) is 0.440. The van der Waals surface area contributed by atoms with Gasteiger partial charge in [0.15, 0.2) is 0 Å². The van der Waals surface area contributed by atoms with Gasteiger partial charge in [-0.25, -0.2) is 9.97 Å². The standard InChI is InChI=1S/C19H20Cl2N4/c1-13-11-18(21)25-19(24-13)5-3-2-4-9-22-16-8-10-23-17-12-14(20)6-7-15(16)17/h6-8,10-12H,2-5,9H2,1H3,(H,22,23). The number of fused-ring (bicyclic) bond motifs is 1. The van der Waals surface area contributed by atoms with E-state index >= 15 is 0 Å². The molecule has 0 saturated carbocycles. The van der Waals surface area contributed by atoms with Gasteiger partial charge in [0.2, 0.25) is 0 Å². The molecule has 0 fully saturated rings. The molecule has 130 valence electrons. The van der Waals surface area contributed by atoms with E-state index in [1.165, 1.54) is 0 Å². The number of benzene rings is 1. The molecule has 3 aromatic rings. The Morgan fingerprint density at radius 2 is 1.88 bits per heavy atom. The Balaban J connectivity index is 1.46. The number of aromatic nitrogens is 3. The third-order valence-electron chi connectivity index (χ3n) is 3.97. The average Bonchev–Trinajstić information content (AvgIpc) is 2.57. The maximum atomic E-state index is 6.02. The minimum Gasteiger partial charge on any atom is -0.384 e. The first-order valence-corrected chi connectivity index (χ1v) is 9.15. The van der Waals surface area contributed by atoms with E-state index in [1.54, 1.807) is 12.3 Å². The molecule has 2 heterocycles. The largest absolute Gasteiger partial charge is 0.384 e. The van der Waals surface area contributed by atoms with Crippen LogP contribution >= 0.6 is 23.2 Å². The van der Waals surface area contributed by atoms with Crippen LogP contribution in [-0.4, -0.2) is 21.5 Å². The minimum absolute atomic E-state index is 0.522. The summed E-state index contributed by atoms with van der Waals surface area (Å²) < 4.78 is 0. The van der Waals surface area contributed by atoms with Gasteiger partial charge in [-0.2, -0.15) is 0 Å². The van der Waals surface area contributed by atoms with Crippen molar-refractivity contribution < 1.29 is 0 Å². The summed E-state index contributed by atoms with van der Waals surface area (Å²) in [5.74, 6) is 0.829. The fraction of sp³-hybridized carbons (Fsp3) is 0.316. The molecule has 0 atom stereocenters. The van der Waals surface area contributed by atoms with Gasteiger partial charge in [-0.15, -0.1) is 0 Å². The maximum absolute atomic E-state index is 6.02. The second kappa shape index (κ2) is 8.45. The molecular weight excluding hydrogens is 355 g/mol. The van der Waals surface area contributed by atoms with Crippen molar-refractivity contribution in [2.45, 2.75) is 32.6 Å². The average molecular weight is 375 g/mol. The van der Waals surface area contributed by atoms with Gasteiger partial charge in [0.05, 0.1) is 5.52 Å². The van der Waals surface area contributed by atoms with Crippen LogP contribution in [0.4, 0.5) is 5.69 Å². The molecule has 0 unspecified atom stereocenters. The van der Waals surface area contributed by atoms with Gasteiger partial charge >= 0.3 is 0 Å². The third-order valence-corrected chi connectivity index (χ3v) is 4.40. The Morgan fingerprint density at radius 1 is 1.00 bits per heavy atom. The van der Waals surface area contributed by atoms with Crippen molar-refractivity contribution in [3.05, 3.63) is 58.2 Å². The first-order chi connectivity index (χ1) is 12.1. The van der Waals surface area contributed by atoms with Crippen molar-refractivity contribution in [3.8, 4) is 0 Å². The van der Waals surface area contributed by atoms with Gasteiger partial charge in [0.25, 0.3) is 0 Å². The summed E-state index contributed by atoms with van der Waals surface area (Å²) in [6.07, 6.45) is 5.90. The van der Waals surface area contributed by atoms with Gasteiger partial charge in [-0.05, 0) is 50.1 Å². The van der Waals surface area contributed by atoms with Crippen LogP contribution in [0.1, 0.15) is 30.8 Å². The SMILES string of the molecule is Cc1cc(Cl)nc(CCCCCNc2ccnc3cc(Cl)ccc23)n1. The van der Waals surface area contributed by atoms with E-state index in [-0.39, 0.29) is 0 Å². The number of hydrogen-bond acceptors (Lipinski definition) is 4. The molecule has 25 heavy (non-hydrogen) atoms. The Kier molecular flexibility index (Phi) is 6.05. The van der Waals surface area contributed by atoms with Crippen LogP contribution in [0.2, 0.25) is 10.2 Å². The van der Waals surface area contributed by atoms with Crippen molar-refractivity contribution in [2.24, 2.45) is 0 Å². The molecular formula is C19H20Cl2N4. The lowest BCUT2D eigenvalue weighted by atomic mass is 10.1. The summed E-state index contributed by atoms with van der Waals surface area (Å²) in [4.78, 5) is 13.0. The van der Waals surface area contributed by atoms with Crippen LogP contribution in [-0.2, 0) is 6.42 Å². The van der Waals surface area contributed by atoms with Crippen molar-refractivity contribution >= 4 is 39.8 Å². The first kappa shape index (κ1) is 17.9. The number of hydrogen-bond donors (Lipinski definition) is 1. The topological polar surface area (TPSA) is 50.7 Å². The Labute approximate surface area is 157 Å². The van der Waals surface area contributed by atoms with Crippen molar-refractivity contribution in [1.82, 2.24) is 15.0 Å². The molecule has 1 aromatic carbocycles. The van der Waals surface area contributed by atoms with Crippen LogP contribution in [0.3, 0.4) is 0 Å². The van der Waals surface area contributed by atoms with E-state index in [0.29, 0.717) is 10.2 Å². The smallest absolute Gasteiger partial charge is 0.133 e. The van der Waals surface area contributed by atoms with E-state index in [4.69, 9.17) is 23.2 Å². The Bertz CT molecular complexity index is 847. The predicted octanol–water partition coefficient (Wildman–Crippen LogP) is 5.46. The summed E-state index contributed by atoms with van der Waals surface area (Å²) in [5, 5.41) is 5.81. The number of aryl methyl sites for hydroxylation is 2. The molecule has 0 aliphatic carbocycles. The van der Waals surface area contributed by atoms with Gasteiger partial charge < -0.3 is 5.32 Å². The van der Waals surface area contributed by atoms with Crippen LogP contribution in [0.15, 0.2) is 36.5 Å². The molecule has 2 aromatic heterocycles. The molecule has 0 spiro atoms. The monoisotopic (exact) mass is 374 g/mol. The summed E-state index contributed by atoms with van der Waals surface area (Å²) in [5.41, 5.74) is 2.92. The second-order valence-electron chi connectivity index (χ2n) is 6.01. The molecule has 1 N–H and O–H groups in total. The Morgan fingerprint density at radius 3 is 2.72 bits per heavy atom. The van der Waals surface area contributed by atoms with Gasteiger partial charge in [-0.1, -0.05) is 29.6 Å². The third kappa shape index (κ3) is 5.03. The molecule has 0 bridgehead atoms. The van der Waals surface area contributed by atoms with Crippen molar-refractivity contribution in [2.75, 3.05) is 11.9 Å². The summed E-state index contributed by atoms with van der Waals surface area (Å²) in [6, 6.07) is 9.56. The van der Waals surface area contributed by atoms with E-state index in [1.807, 2.05) is 31.2 Å². The van der Waals surface area contributed by atoms with Gasteiger partial charge in [0, 0.05) is 41.0 Å². The molecule has 6 heteroatoms. The van der Waals surface area contributed by atoms with Gasteiger partial charge in [-0.3, -0.25) is 4.98 Å². The van der Waals surface area contributed by atoms with Crippen LogP contribution < -0.4 is 5.32 Å². The molecule has 4 nitrogen and oxygen atoms in total. The van der Waals surface area contributed by atoms with Gasteiger partial charge in [0.1, 0.15) is 11.0 Å². The first-order valence-electron chi connectivity index (χ1n) is 8.40. The molecule has 0 saturated heterocycles. The fourth-order valence-electron chi connectivity index (χ4n) is 2.78. The minimum atomic E-state index is 0.522. The highest BCUT2D eigenvalue weighted by Gasteiger charge is 2.03. The van der Waals surface area contributed by atoms with E-state index in [0.717, 1.165) is 60.3 Å². The molecule has 0 radical (unpaired) electrons. The highest BCUT2D eigenvalue weighted by Crippen LogP contribution is 2.24. The zero-order chi connectivity index (χ0) is 17.6. The number of unbranched alkanes of at least 4 members (excludes halogenated alkanes) is 2. The molecule has 0 amide bonds. The van der Waals surface area contributed by atoms with Crippen LogP contribution in [0.5, 0.6) is 0 Å². The zero-order valence-electron chi connectivity index (χ0n) is 14.1.